The first-order valence-electron chi connectivity index (χ1n) is 6.55. The number of nitrogens with one attached hydrogen (secondary N) is 2. The molecule has 5 nitrogen and oxygen atoms in total. The Balaban J connectivity index is 2.08. The van der Waals surface area contributed by atoms with Crippen LogP contribution in [0.3, 0.4) is 0 Å². The average molecular weight is 274 g/mol. The Bertz CT molecular complexity index is 664. The fraction of sp³-hybridized carbons (Fsp3) is 0.286. The molecule has 20 heavy (non-hydrogen) atoms. The number of rotatable bonds is 2. The second-order valence-corrected chi connectivity index (χ2v) is 4.70. The van der Waals surface area contributed by atoms with Crippen LogP contribution < -0.4 is 15.9 Å². The van der Waals surface area contributed by atoms with Crippen molar-refractivity contribution in [1.82, 2.24) is 15.3 Å². The fourth-order valence-corrected chi connectivity index (χ4v) is 2.40. The molecule has 0 amide bonds. The molecule has 0 bridgehead atoms. The van der Waals surface area contributed by atoms with E-state index in [2.05, 4.69) is 20.2 Å². The summed E-state index contributed by atoms with van der Waals surface area (Å²) in [5.74, 6) is -0.327. The molecular formula is C14H15FN4O. The lowest BCUT2D eigenvalue weighted by atomic mass is 10.1. The van der Waals surface area contributed by atoms with Gasteiger partial charge in [0.15, 0.2) is 0 Å². The lowest BCUT2D eigenvalue weighted by Gasteiger charge is -2.30. The van der Waals surface area contributed by atoms with Crippen molar-refractivity contribution in [3.05, 3.63) is 46.8 Å². The Morgan fingerprint density at radius 2 is 2.05 bits per heavy atom. The zero-order valence-corrected chi connectivity index (χ0v) is 10.9. The molecule has 2 N–H and O–H groups in total. The van der Waals surface area contributed by atoms with Crippen LogP contribution in [0.5, 0.6) is 0 Å². The summed E-state index contributed by atoms with van der Waals surface area (Å²) in [7, 11) is 0. The maximum absolute atomic E-state index is 13.4. The highest BCUT2D eigenvalue weighted by Crippen LogP contribution is 2.27. The summed E-state index contributed by atoms with van der Waals surface area (Å²) in [5, 5.41) is 3.27. The van der Waals surface area contributed by atoms with Crippen LogP contribution in [0.25, 0.3) is 11.3 Å². The van der Waals surface area contributed by atoms with Gasteiger partial charge in [-0.3, -0.25) is 0 Å². The van der Waals surface area contributed by atoms with Crippen LogP contribution in [0, 0.1) is 5.82 Å². The standard InChI is InChI=1S/C14H15FN4O/c15-11-3-1-2-10(8-11)13-12(9-17-14(20)18-13)19-6-4-16-5-7-19/h1-3,8-9,16H,4-7H2,(H,17,18,20). The van der Waals surface area contributed by atoms with Crippen molar-refractivity contribution in [3.63, 3.8) is 0 Å². The van der Waals surface area contributed by atoms with E-state index in [4.69, 9.17) is 0 Å². The number of halogens is 1. The van der Waals surface area contributed by atoms with Gasteiger partial charge in [-0.25, -0.2) is 9.18 Å². The Labute approximate surface area is 115 Å². The van der Waals surface area contributed by atoms with Crippen LogP contribution in [0.4, 0.5) is 10.1 Å². The molecule has 0 atom stereocenters. The number of H-pyrrole nitrogens is 1. The summed E-state index contributed by atoms with van der Waals surface area (Å²) in [4.78, 5) is 20.1. The van der Waals surface area contributed by atoms with Crippen molar-refractivity contribution in [3.8, 4) is 11.3 Å². The van der Waals surface area contributed by atoms with Gasteiger partial charge in [-0.15, -0.1) is 0 Å². The zero-order chi connectivity index (χ0) is 13.9. The molecule has 1 aromatic heterocycles. The van der Waals surface area contributed by atoms with Gasteiger partial charge in [-0.1, -0.05) is 12.1 Å². The molecule has 1 aliphatic rings. The van der Waals surface area contributed by atoms with Crippen LogP contribution in [0.15, 0.2) is 35.3 Å². The molecule has 2 heterocycles. The number of benzene rings is 1. The first-order valence-corrected chi connectivity index (χ1v) is 6.55. The topological polar surface area (TPSA) is 61.0 Å². The minimum atomic E-state index is -0.428. The van der Waals surface area contributed by atoms with E-state index in [9.17, 15) is 9.18 Å². The first-order chi connectivity index (χ1) is 9.74. The number of hydrogen-bond acceptors (Lipinski definition) is 4. The number of aromatic amines is 1. The number of anilines is 1. The second-order valence-electron chi connectivity index (χ2n) is 4.70. The predicted molar refractivity (Wildman–Crippen MR) is 75.3 cm³/mol. The summed E-state index contributed by atoms with van der Waals surface area (Å²) >= 11 is 0. The molecule has 6 heteroatoms. The molecule has 1 fully saturated rings. The van der Waals surface area contributed by atoms with Crippen molar-refractivity contribution in [2.45, 2.75) is 0 Å². The molecule has 0 saturated carbocycles. The van der Waals surface area contributed by atoms with E-state index >= 15 is 0 Å². The molecule has 0 unspecified atom stereocenters. The summed E-state index contributed by atoms with van der Waals surface area (Å²) in [6.07, 6.45) is 1.56. The number of nitrogens with zero attached hydrogens (tertiary/aromatic N) is 2. The molecular weight excluding hydrogens is 259 g/mol. The van der Waals surface area contributed by atoms with E-state index < -0.39 is 5.69 Å². The fourth-order valence-electron chi connectivity index (χ4n) is 2.40. The predicted octanol–water partition coefficient (Wildman–Crippen LogP) is 0.986. The maximum atomic E-state index is 13.4. The van der Waals surface area contributed by atoms with Crippen LogP contribution in [-0.2, 0) is 0 Å². The van der Waals surface area contributed by atoms with Crippen molar-refractivity contribution in [2.75, 3.05) is 31.1 Å². The van der Waals surface area contributed by atoms with Crippen molar-refractivity contribution < 1.29 is 4.39 Å². The Morgan fingerprint density at radius 3 is 2.80 bits per heavy atom. The molecule has 0 radical (unpaired) electrons. The molecule has 3 rings (SSSR count). The Kier molecular flexibility index (Phi) is 3.47. The molecule has 1 aliphatic heterocycles. The van der Waals surface area contributed by atoms with Crippen molar-refractivity contribution in [2.24, 2.45) is 0 Å². The summed E-state index contributed by atoms with van der Waals surface area (Å²) in [6.45, 7) is 3.41. The third-order valence-electron chi connectivity index (χ3n) is 3.36. The van der Waals surface area contributed by atoms with Crippen LogP contribution in [-0.4, -0.2) is 36.1 Å². The number of aromatic nitrogens is 2. The van der Waals surface area contributed by atoms with Crippen LogP contribution in [0.2, 0.25) is 0 Å². The van der Waals surface area contributed by atoms with Crippen LogP contribution in [0.1, 0.15) is 0 Å². The van der Waals surface area contributed by atoms with Gasteiger partial charge in [0.25, 0.3) is 0 Å². The molecule has 0 aliphatic carbocycles. The lowest BCUT2D eigenvalue weighted by Crippen LogP contribution is -2.44. The van der Waals surface area contributed by atoms with E-state index in [-0.39, 0.29) is 5.82 Å². The number of hydrogen-bond donors (Lipinski definition) is 2. The van der Waals surface area contributed by atoms with Gasteiger partial charge in [0.2, 0.25) is 0 Å². The second kappa shape index (κ2) is 5.42. The van der Waals surface area contributed by atoms with Crippen LogP contribution >= 0.6 is 0 Å². The molecule has 1 saturated heterocycles. The highest BCUT2D eigenvalue weighted by molar-refractivity contribution is 5.74. The Morgan fingerprint density at radius 1 is 1.25 bits per heavy atom. The smallest absolute Gasteiger partial charge is 0.345 e. The SMILES string of the molecule is O=c1ncc(N2CCNCC2)c(-c2cccc(F)c2)[nH]1. The minimum Gasteiger partial charge on any atom is -0.366 e. The highest BCUT2D eigenvalue weighted by Gasteiger charge is 2.16. The van der Waals surface area contributed by atoms with E-state index in [0.717, 1.165) is 31.9 Å². The van der Waals surface area contributed by atoms with Gasteiger partial charge in [0, 0.05) is 31.7 Å². The molecule has 2 aromatic rings. The van der Waals surface area contributed by atoms with E-state index in [0.29, 0.717) is 11.3 Å². The summed E-state index contributed by atoms with van der Waals surface area (Å²) in [6, 6.07) is 6.20. The third-order valence-corrected chi connectivity index (χ3v) is 3.36. The first kappa shape index (κ1) is 12.8. The van der Waals surface area contributed by atoms with E-state index in [1.165, 1.54) is 12.1 Å². The summed E-state index contributed by atoms with van der Waals surface area (Å²) in [5.41, 5.74) is 1.67. The van der Waals surface area contributed by atoms with Crippen molar-refractivity contribution >= 4 is 5.69 Å². The van der Waals surface area contributed by atoms with Gasteiger partial charge in [0.1, 0.15) is 5.82 Å². The van der Waals surface area contributed by atoms with E-state index in [1.807, 2.05) is 0 Å². The van der Waals surface area contributed by atoms with Gasteiger partial charge in [0.05, 0.1) is 17.6 Å². The summed E-state index contributed by atoms with van der Waals surface area (Å²) < 4.78 is 13.4. The van der Waals surface area contributed by atoms with Gasteiger partial charge in [-0.2, -0.15) is 4.98 Å². The largest absolute Gasteiger partial charge is 0.366 e. The monoisotopic (exact) mass is 274 g/mol. The quantitative estimate of drug-likeness (QED) is 0.857. The molecule has 104 valence electrons. The van der Waals surface area contributed by atoms with Gasteiger partial charge < -0.3 is 15.2 Å². The normalized spacial score (nSPS) is 15.3. The van der Waals surface area contributed by atoms with Crippen molar-refractivity contribution in [1.29, 1.82) is 0 Å². The Hall–Kier alpha value is -2.21. The van der Waals surface area contributed by atoms with Gasteiger partial charge in [-0.05, 0) is 12.1 Å². The number of piperazine rings is 1. The maximum Gasteiger partial charge on any atom is 0.345 e. The zero-order valence-electron chi connectivity index (χ0n) is 10.9. The average Bonchev–Trinajstić information content (AvgIpc) is 2.48. The van der Waals surface area contributed by atoms with E-state index in [1.54, 1.807) is 18.3 Å². The third kappa shape index (κ3) is 2.55. The highest BCUT2D eigenvalue weighted by atomic mass is 19.1. The van der Waals surface area contributed by atoms with Gasteiger partial charge >= 0.3 is 5.69 Å². The lowest BCUT2D eigenvalue weighted by molar-refractivity contribution is 0.588. The molecule has 0 spiro atoms. The molecule has 1 aromatic carbocycles. The minimum absolute atomic E-state index is 0.327.